The summed E-state index contributed by atoms with van der Waals surface area (Å²) in [5.41, 5.74) is 0. The first kappa shape index (κ1) is 65.1. The molecule has 0 spiro atoms. The van der Waals surface area contributed by atoms with Gasteiger partial charge in [0, 0.05) is 19.3 Å². The maximum Gasteiger partial charge on any atom is 0.306 e. The van der Waals surface area contributed by atoms with Gasteiger partial charge >= 0.3 is 17.9 Å². The quantitative estimate of drug-likeness (QED) is 0.0262. The zero-order valence-electron chi connectivity index (χ0n) is 44.8. The summed E-state index contributed by atoms with van der Waals surface area (Å²) in [6.45, 7) is 6.31. The molecular weight excluding hydrogens is 853 g/mol. The fourth-order valence-corrected chi connectivity index (χ4v) is 7.56. The van der Waals surface area contributed by atoms with Crippen LogP contribution in [-0.2, 0) is 28.6 Å². The van der Waals surface area contributed by atoms with Crippen molar-refractivity contribution in [1.29, 1.82) is 0 Å². The van der Waals surface area contributed by atoms with Gasteiger partial charge in [-0.15, -0.1) is 0 Å². The maximum absolute atomic E-state index is 12.8. The second kappa shape index (κ2) is 56.7. The summed E-state index contributed by atoms with van der Waals surface area (Å²) >= 11 is 0. The zero-order chi connectivity index (χ0) is 50.0. The number of ether oxygens (including phenoxy) is 3. The van der Waals surface area contributed by atoms with Crippen LogP contribution in [-0.4, -0.2) is 37.2 Å². The molecule has 0 aromatic heterocycles. The molecule has 392 valence electrons. The van der Waals surface area contributed by atoms with Crippen molar-refractivity contribution in [3.8, 4) is 0 Å². The molecule has 0 aliphatic rings. The Morgan fingerprint density at radius 3 is 1.01 bits per heavy atom. The molecule has 0 saturated heterocycles. The van der Waals surface area contributed by atoms with Gasteiger partial charge in [0.15, 0.2) is 6.10 Å². The summed E-state index contributed by atoms with van der Waals surface area (Å²) in [5.74, 6) is -1.05. The normalized spacial score (nSPS) is 12.9. The van der Waals surface area contributed by atoms with Crippen molar-refractivity contribution in [2.75, 3.05) is 13.2 Å². The number of hydrogen-bond acceptors (Lipinski definition) is 6. The van der Waals surface area contributed by atoms with Crippen molar-refractivity contribution in [3.63, 3.8) is 0 Å². The highest BCUT2D eigenvalue weighted by Crippen LogP contribution is 2.15. The number of carbonyl (C=O) groups excluding carboxylic acids is 3. The molecule has 0 aromatic carbocycles. The first-order valence-electron chi connectivity index (χ1n) is 28.4. The summed E-state index contributed by atoms with van der Waals surface area (Å²) in [7, 11) is 0. The molecular formula is C63H104O6. The standard InChI is InChI=1S/C63H104O6/c1-4-7-10-13-16-19-22-25-27-28-29-30-31-32-33-34-36-38-41-44-47-50-53-56-62(65)68-59-60(58-67-61(64)55-52-49-46-43-40-37-24-21-18-15-12-9-6-3)69-63(66)57-54-51-48-45-42-39-35-26-23-20-17-14-11-8-5-2/h8-9,11-12,17-18,20-21,26,28-29,35,37,40,42,45-46,49,60H,4-7,10,13-16,19,22-25,27,30-34,36,38-39,41,43-44,47-48,50-59H2,1-3H3/b11-8-,12-9-,20-17-,21-18-,29-28-,35-26-,40-37-,45-42-,49-46-. The Labute approximate surface area is 425 Å². The molecule has 1 atom stereocenters. The molecule has 6 heteroatoms. The van der Waals surface area contributed by atoms with E-state index in [0.717, 1.165) is 83.5 Å². The molecule has 0 aliphatic heterocycles. The molecule has 69 heavy (non-hydrogen) atoms. The summed E-state index contributed by atoms with van der Waals surface area (Å²) in [4.78, 5) is 38.0. The van der Waals surface area contributed by atoms with E-state index in [2.05, 4.69) is 118 Å². The van der Waals surface area contributed by atoms with E-state index in [-0.39, 0.29) is 44.0 Å². The van der Waals surface area contributed by atoms with Crippen molar-refractivity contribution in [1.82, 2.24) is 0 Å². The first-order chi connectivity index (χ1) is 34.0. The summed E-state index contributed by atoms with van der Waals surface area (Å²) in [5, 5.41) is 0. The molecule has 1 unspecified atom stereocenters. The third-order valence-corrected chi connectivity index (χ3v) is 11.8. The highest BCUT2D eigenvalue weighted by Gasteiger charge is 2.19. The van der Waals surface area contributed by atoms with E-state index in [1.807, 2.05) is 12.2 Å². The lowest BCUT2D eigenvalue weighted by atomic mass is 10.0. The van der Waals surface area contributed by atoms with Crippen molar-refractivity contribution < 1.29 is 28.6 Å². The molecule has 0 radical (unpaired) electrons. The van der Waals surface area contributed by atoms with E-state index in [0.29, 0.717) is 19.3 Å². The van der Waals surface area contributed by atoms with E-state index in [9.17, 15) is 14.4 Å². The highest BCUT2D eigenvalue weighted by molar-refractivity contribution is 5.71. The number of esters is 3. The molecule has 0 N–H and O–H groups in total. The Bertz CT molecular complexity index is 1420. The monoisotopic (exact) mass is 957 g/mol. The average molecular weight is 958 g/mol. The molecule has 0 rings (SSSR count). The van der Waals surface area contributed by atoms with Crippen LogP contribution in [0.2, 0.25) is 0 Å². The SMILES string of the molecule is CC/C=C\C/C=C\C/C=C\C/C=C\CCCCC(=O)OC(COC(=O)CC/C=C\C/C=C\C/C=C\C/C=C\CC)COC(=O)CCCCCCCCCCCCC/C=C\CCCCCCCCCC. The van der Waals surface area contributed by atoms with Crippen LogP contribution in [0.3, 0.4) is 0 Å². The van der Waals surface area contributed by atoms with Gasteiger partial charge in [-0.05, 0) is 109 Å². The smallest absolute Gasteiger partial charge is 0.306 e. The molecule has 0 bridgehead atoms. The van der Waals surface area contributed by atoms with Gasteiger partial charge in [-0.25, -0.2) is 0 Å². The highest BCUT2D eigenvalue weighted by atomic mass is 16.6. The molecule has 0 heterocycles. The number of hydrogen-bond donors (Lipinski definition) is 0. The molecule has 0 aliphatic carbocycles. The van der Waals surface area contributed by atoms with E-state index in [1.54, 1.807) is 0 Å². The molecule has 0 fully saturated rings. The minimum Gasteiger partial charge on any atom is -0.462 e. The van der Waals surface area contributed by atoms with Gasteiger partial charge in [-0.1, -0.05) is 233 Å². The minimum absolute atomic E-state index is 0.118. The second-order valence-corrected chi connectivity index (χ2v) is 18.4. The zero-order valence-corrected chi connectivity index (χ0v) is 44.8. The third-order valence-electron chi connectivity index (χ3n) is 11.8. The summed E-state index contributed by atoms with van der Waals surface area (Å²) in [6, 6.07) is 0. The summed E-state index contributed by atoms with van der Waals surface area (Å²) in [6.07, 6.45) is 76.8. The van der Waals surface area contributed by atoms with Crippen LogP contribution >= 0.6 is 0 Å². The predicted octanol–water partition coefficient (Wildman–Crippen LogP) is 19.1. The lowest BCUT2D eigenvalue weighted by molar-refractivity contribution is -0.166. The average Bonchev–Trinajstić information content (AvgIpc) is 3.35. The lowest BCUT2D eigenvalue weighted by Gasteiger charge is -2.18. The Kier molecular flexibility index (Phi) is 53.4. The van der Waals surface area contributed by atoms with Crippen molar-refractivity contribution in [2.45, 2.75) is 258 Å². The van der Waals surface area contributed by atoms with Crippen LogP contribution < -0.4 is 0 Å². The first-order valence-corrected chi connectivity index (χ1v) is 28.4. The topological polar surface area (TPSA) is 78.9 Å². The van der Waals surface area contributed by atoms with Gasteiger partial charge in [0.1, 0.15) is 13.2 Å². The fraction of sp³-hybridized carbons (Fsp3) is 0.667. The molecule has 0 aromatic rings. The predicted molar refractivity (Wildman–Crippen MR) is 297 cm³/mol. The van der Waals surface area contributed by atoms with Crippen LogP contribution in [0.5, 0.6) is 0 Å². The van der Waals surface area contributed by atoms with Gasteiger partial charge in [0.05, 0.1) is 0 Å². The van der Waals surface area contributed by atoms with Crippen molar-refractivity contribution in [3.05, 3.63) is 109 Å². The van der Waals surface area contributed by atoms with E-state index in [1.165, 1.54) is 116 Å². The van der Waals surface area contributed by atoms with E-state index < -0.39 is 6.10 Å². The van der Waals surface area contributed by atoms with Gasteiger partial charge in [0.2, 0.25) is 0 Å². The van der Waals surface area contributed by atoms with Gasteiger partial charge in [-0.3, -0.25) is 14.4 Å². The van der Waals surface area contributed by atoms with E-state index in [4.69, 9.17) is 14.2 Å². The van der Waals surface area contributed by atoms with E-state index >= 15 is 0 Å². The van der Waals surface area contributed by atoms with Gasteiger partial charge in [0.25, 0.3) is 0 Å². The molecule has 0 saturated carbocycles. The number of carbonyl (C=O) groups is 3. The van der Waals surface area contributed by atoms with Gasteiger partial charge in [-0.2, -0.15) is 0 Å². The van der Waals surface area contributed by atoms with Gasteiger partial charge < -0.3 is 14.2 Å². The van der Waals surface area contributed by atoms with Crippen LogP contribution in [0.4, 0.5) is 0 Å². The van der Waals surface area contributed by atoms with Crippen LogP contribution in [0.25, 0.3) is 0 Å². The van der Waals surface area contributed by atoms with Crippen molar-refractivity contribution >= 4 is 17.9 Å². The number of rotatable bonds is 50. The van der Waals surface area contributed by atoms with Crippen LogP contribution in [0.15, 0.2) is 109 Å². The largest absolute Gasteiger partial charge is 0.462 e. The lowest BCUT2D eigenvalue weighted by Crippen LogP contribution is -2.30. The summed E-state index contributed by atoms with van der Waals surface area (Å²) < 4.78 is 16.7. The second-order valence-electron chi connectivity index (χ2n) is 18.4. The number of allylic oxidation sites excluding steroid dienone is 18. The van der Waals surface area contributed by atoms with Crippen molar-refractivity contribution in [2.24, 2.45) is 0 Å². The van der Waals surface area contributed by atoms with Crippen LogP contribution in [0.1, 0.15) is 252 Å². The Morgan fingerprint density at radius 1 is 0.304 bits per heavy atom. The Hall–Kier alpha value is -3.93. The third kappa shape index (κ3) is 54.9. The Balaban J connectivity index is 4.41. The Morgan fingerprint density at radius 2 is 0.594 bits per heavy atom. The fourth-order valence-electron chi connectivity index (χ4n) is 7.56. The molecule has 6 nitrogen and oxygen atoms in total. The minimum atomic E-state index is -0.830. The maximum atomic E-state index is 12.8. The number of unbranched alkanes of at least 4 members (excludes halogenated alkanes) is 21. The molecule has 0 amide bonds. The van der Waals surface area contributed by atoms with Crippen LogP contribution in [0, 0.1) is 0 Å².